The fourth-order valence-corrected chi connectivity index (χ4v) is 4.05. The Labute approximate surface area is 184 Å². The summed E-state index contributed by atoms with van der Waals surface area (Å²) in [7, 11) is 3.08. The van der Waals surface area contributed by atoms with Crippen molar-refractivity contribution in [2.75, 3.05) is 31.9 Å². The normalized spacial score (nSPS) is 15.4. The third-order valence-electron chi connectivity index (χ3n) is 4.35. The van der Waals surface area contributed by atoms with Crippen LogP contribution in [0.1, 0.15) is 17.9 Å². The third kappa shape index (κ3) is 5.60. The average Bonchev–Trinajstić information content (AvgIpc) is 3.12. The summed E-state index contributed by atoms with van der Waals surface area (Å²) in [5.41, 5.74) is 4.04. The Hall–Kier alpha value is -3.40. The molecule has 3 amide bonds. The van der Waals surface area contributed by atoms with Gasteiger partial charge in [0, 0.05) is 12.6 Å². The number of thioether (sulfide) groups is 1. The van der Waals surface area contributed by atoms with Crippen LogP contribution in [0.5, 0.6) is 17.2 Å². The Morgan fingerprint density at radius 2 is 1.81 bits per heavy atom. The zero-order valence-corrected chi connectivity index (χ0v) is 18.2. The third-order valence-corrected chi connectivity index (χ3v) is 5.56. The van der Waals surface area contributed by atoms with Gasteiger partial charge in [0.15, 0.2) is 18.1 Å². The summed E-state index contributed by atoms with van der Waals surface area (Å²) in [6.07, 6.45) is 0. The average molecular weight is 445 g/mol. The van der Waals surface area contributed by atoms with Gasteiger partial charge in [0.1, 0.15) is 11.1 Å². The van der Waals surface area contributed by atoms with Gasteiger partial charge in [-0.15, -0.1) is 11.8 Å². The maximum atomic E-state index is 12.4. The van der Waals surface area contributed by atoms with E-state index < -0.39 is 11.3 Å². The lowest BCUT2D eigenvalue weighted by Gasteiger charge is -2.25. The van der Waals surface area contributed by atoms with Crippen molar-refractivity contribution in [3.8, 4) is 17.2 Å². The second-order valence-corrected chi connectivity index (χ2v) is 7.64. The molecule has 1 aliphatic rings. The van der Waals surface area contributed by atoms with Gasteiger partial charge < -0.3 is 19.5 Å². The van der Waals surface area contributed by atoms with E-state index >= 15 is 0 Å². The van der Waals surface area contributed by atoms with E-state index in [-0.39, 0.29) is 24.2 Å². The second kappa shape index (κ2) is 10.1. The Morgan fingerprint density at radius 1 is 1.10 bits per heavy atom. The fourth-order valence-electron chi connectivity index (χ4n) is 2.95. The highest BCUT2D eigenvalue weighted by molar-refractivity contribution is 8.00. The van der Waals surface area contributed by atoms with Gasteiger partial charge in [0.25, 0.3) is 11.8 Å². The Morgan fingerprint density at radius 3 is 2.45 bits per heavy atom. The molecule has 3 rings (SSSR count). The van der Waals surface area contributed by atoms with Crippen LogP contribution in [-0.2, 0) is 14.4 Å². The number of carbonyl (C=O) groups excluding carboxylic acids is 3. The van der Waals surface area contributed by atoms with E-state index in [0.29, 0.717) is 22.9 Å². The van der Waals surface area contributed by atoms with Crippen molar-refractivity contribution >= 4 is 35.2 Å². The molecule has 10 heteroatoms. The zero-order valence-electron chi connectivity index (χ0n) is 17.3. The molecule has 1 fully saturated rings. The summed E-state index contributed by atoms with van der Waals surface area (Å²) >= 11 is 1.40. The lowest BCUT2D eigenvalue weighted by atomic mass is 10.2. The summed E-state index contributed by atoms with van der Waals surface area (Å²) in [5.74, 6) is 0.967. The predicted octanol–water partition coefficient (Wildman–Crippen LogP) is 2.35. The maximum Gasteiger partial charge on any atom is 0.276 e. The van der Waals surface area contributed by atoms with Crippen molar-refractivity contribution in [3.63, 3.8) is 0 Å². The monoisotopic (exact) mass is 445 g/mol. The Kier molecular flexibility index (Phi) is 7.24. The smallest absolute Gasteiger partial charge is 0.276 e. The van der Waals surface area contributed by atoms with Gasteiger partial charge in [-0.2, -0.15) is 0 Å². The first-order chi connectivity index (χ1) is 14.9. The molecule has 0 spiro atoms. The minimum atomic E-state index is -0.465. The molecule has 0 aromatic heterocycles. The van der Waals surface area contributed by atoms with E-state index in [1.165, 1.54) is 30.8 Å². The molecule has 0 bridgehead atoms. The van der Waals surface area contributed by atoms with Gasteiger partial charge in [0.2, 0.25) is 5.91 Å². The number of amides is 3. The number of hydrazine groups is 1. The molecular formula is C21H23N3O6S. The number of methoxy groups -OCH3 is 2. The lowest BCUT2D eigenvalue weighted by Crippen LogP contribution is -2.46. The first-order valence-electron chi connectivity index (χ1n) is 9.36. The molecule has 0 aliphatic carbocycles. The van der Waals surface area contributed by atoms with Crippen molar-refractivity contribution in [3.05, 3.63) is 48.0 Å². The molecule has 1 heterocycles. The Balaban J connectivity index is 1.61. The molecule has 0 radical (unpaired) electrons. The predicted molar refractivity (Wildman–Crippen MR) is 116 cm³/mol. The molecule has 2 aromatic rings. The molecule has 1 saturated heterocycles. The topological polar surface area (TPSA) is 106 Å². The molecular weight excluding hydrogens is 422 g/mol. The number of carbonyl (C=O) groups is 3. The summed E-state index contributed by atoms with van der Waals surface area (Å²) in [4.78, 5) is 35.8. The minimum absolute atomic E-state index is 0.176. The van der Waals surface area contributed by atoms with Crippen molar-refractivity contribution in [1.82, 2.24) is 10.4 Å². The summed E-state index contributed by atoms with van der Waals surface area (Å²) in [6.45, 7) is 1.15. The van der Waals surface area contributed by atoms with Gasteiger partial charge >= 0.3 is 0 Å². The van der Waals surface area contributed by atoms with Crippen LogP contribution in [0.25, 0.3) is 0 Å². The number of rotatable bonds is 8. The standard InChI is InChI=1S/C21H23N3O6S/c1-13(25)22-15-5-7-16(8-6-15)30-11-19(26)23-24-20(27)12-31-21(24)14-4-9-17(28-2)18(10-14)29-3/h4-10,21H,11-12H2,1-3H3,(H,22,25)(H,23,26). The lowest BCUT2D eigenvalue weighted by molar-refractivity contribution is -0.140. The van der Waals surface area contributed by atoms with Crippen LogP contribution in [0.3, 0.4) is 0 Å². The first-order valence-corrected chi connectivity index (χ1v) is 10.4. The number of hydrogen-bond acceptors (Lipinski definition) is 7. The molecule has 31 heavy (non-hydrogen) atoms. The fraction of sp³-hybridized carbons (Fsp3) is 0.286. The summed E-state index contributed by atoms with van der Waals surface area (Å²) in [5, 5.41) is 3.56. The molecule has 9 nitrogen and oxygen atoms in total. The molecule has 1 aliphatic heterocycles. The number of hydrogen-bond donors (Lipinski definition) is 2. The van der Waals surface area contributed by atoms with E-state index in [2.05, 4.69) is 10.7 Å². The highest BCUT2D eigenvalue weighted by atomic mass is 32.2. The zero-order chi connectivity index (χ0) is 22.4. The number of nitrogens with one attached hydrogen (secondary N) is 2. The molecule has 2 aromatic carbocycles. The molecule has 1 unspecified atom stereocenters. The Bertz CT molecular complexity index is 966. The van der Waals surface area contributed by atoms with Gasteiger partial charge in [-0.05, 0) is 42.0 Å². The van der Waals surface area contributed by atoms with Crippen molar-refractivity contribution in [2.45, 2.75) is 12.3 Å². The maximum absolute atomic E-state index is 12.4. The molecule has 164 valence electrons. The summed E-state index contributed by atoms with van der Waals surface area (Å²) in [6, 6.07) is 12.0. The van der Waals surface area contributed by atoms with Crippen molar-refractivity contribution in [2.24, 2.45) is 0 Å². The van der Waals surface area contributed by atoms with E-state index in [1.54, 1.807) is 43.5 Å². The van der Waals surface area contributed by atoms with E-state index in [0.717, 1.165) is 5.56 Å². The van der Waals surface area contributed by atoms with Gasteiger partial charge in [0.05, 0.1) is 20.0 Å². The molecule has 0 saturated carbocycles. The van der Waals surface area contributed by atoms with Crippen LogP contribution in [-0.4, -0.2) is 49.3 Å². The van der Waals surface area contributed by atoms with Crippen LogP contribution < -0.4 is 25.0 Å². The van der Waals surface area contributed by atoms with Crippen molar-refractivity contribution in [1.29, 1.82) is 0 Å². The largest absolute Gasteiger partial charge is 0.493 e. The number of benzene rings is 2. The quantitative estimate of drug-likeness (QED) is 0.642. The van der Waals surface area contributed by atoms with Gasteiger partial charge in [-0.3, -0.25) is 19.8 Å². The highest BCUT2D eigenvalue weighted by Crippen LogP contribution is 2.40. The van der Waals surface area contributed by atoms with Crippen LogP contribution in [0.15, 0.2) is 42.5 Å². The van der Waals surface area contributed by atoms with Crippen molar-refractivity contribution < 1.29 is 28.6 Å². The molecule has 2 N–H and O–H groups in total. The minimum Gasteiger partial charge on any atom is -0.493 e. The number of nitrogens with zero attached hydrogens (tertiary/aromatic N) is 1. The van der Waals surface area contributed by atoms with Crippen LogP contribution in [0, 0.1) is 0 Å². The van der Waals surface area contributed by atoms with E-state index in [1.807, 2.05) is 6.07 Å². The molecule has 1 atom stereocenters. The SMILES string of the molecule is COc1ccc(C2SCC(=O)N2NC(=O)COc2ccc(NC(C)=O)cc2)cc1OC. The van der Waals surface area contributed by atoms with E-state index in [9.17, 15) is 14.4 Å². The van der Waals surface area contributed by atoms with Gasteiger partial charge in [-0.1, -0.05) is 6.07 Å². The van der Waals surface area contributed by atoms with Crippen LogP contribution >= 0.6 is 11.8 Å². The number of anilines is 1. The second-order valence-electron chi connectivity index (χ2n) is 6.57. The van der Waals surface area contributed by atoms with E-state index in [4.69, 9.17) is 14.2 Å². The number of ether oxygens (including phenoxy) is 3. The highest BCUT2D eigenvalue weighted by Gasteiger charge is 2.34. The van der Waals surface area contributed by atoms with Crippen LogP contribution in [0.4, 0.5) is 5.69 Å². The van der Waals surface area contributed by atoms with Crippen LogP contribution in [0.2, 0.25) is 0 Å². The summed E-state index contributed by atoms with van der Waals surface area (Å²) < 4.78 is 16.1. The van der Waals surface area contributed by atoms with Gasteiger partial charge in [-0.25, -0.2) is 5.01 Å². The first kappa shape index (κ1) is 22.3.